The van der Waals surface area contributed by atoms with E-state index in [4.69, 9.17) is 32.2 Å². The molecule has 0 radical (unpaired) electrons. The summed E-state index contributed by atoms with van der Waals surface area (Å²) >= 11 is 0. The first-order valence-corrected chi connectivity index (χ1v) is 40.0. The molecule has 1 fully saturated rings. The van der Waals surface area contributed by atoms with E-state index in [1.807, 2.05) is 31.2 Å². The lowest BCUT2D eigenvalue weighted by Gasteiger charge is -2.44. The predicted octanol–water partition coefficient (Wildman–Crippen LogP) is 19.3. The van der Waals surface area contributed by atoms with Crippen LogP contribution in [0.2, 0.25) is 54.4 Å². The van der Waals surface area contributed by atoms with Crippen molar-refractivity contribution in [2.75, 3.05) is 20.3 Å². The third-order valence-corrected chi connectivity index (χ3v) is 32.8. The van der Waals surface area contributed by atoms with E-state index in [9.17, 15) is 4.79 Å². The van der Waals surface area contributed by atoms with Crippen LogP contribution in [0.15, 0.2) is 140 Å². The molecule has 0 amide bonds. The summed E-state index contributed by atoms with van der Waals surface area (Å²) in [7, 11) is -5.13. The normalized spacial score (nSPS) is 20.1. The van der Waals surface area contributed by atoms with E-state index in [1.54, 1.807) is 7.11 Å². The van der Waals surface area contributed by atoms with Gasteiger partial charge in [0.2, 0.25) is 0 Å². The van der Waals surface area contributed by atoms with Crippen LogP contribution in [0.3, 0.4) is 0 Å². The third kappa shape index (κ3) is 18.9. The minimum atomic E-state index is -2.29. The number of ketones is 1. The molecule has 0 aliphatic carbocycles. The maximum absolute atomic E-state index is 14.1. The van der Waals surface area contributed by atoms with Gasteiger partial charge in [-0.15, -0.1) is 0 Å². The Labute approximate surface area is 508 Å². The topological polar surface area (TPSA) is 81.7 Å². The van der Waals surface area contributed by atoms with E-state index in [-0.39, 0.29) is 74.9 Å². The van der Waals surface area contributed by atoms with Crippen LogP contribution in [0.4, 0.5) is 0 Å². The standard InChI is InChI=1S/C72H112O8Si3/c1-52(40-47-64(73)57(6)67-56(5)51-75-68(77-67)58-42-45-62(74-16)46-43-58)49-55(4)66(80-83(21,22)71(13,14)15)54(3)41-44-63(78-81(17,18)69(7,8)9)50-65(79-82(19,20)70(10,11)12)53(2)33-32-48-76-72(59-34-26-23-27-35-59,60-36-28-24-29-37-60)61-38-30-25-31-39-61/h23-39,41-46,52-57,63,65-68H,40,47-51H2,1-22H3/b33-32+,44-41-/t52-,53-,54-,55+,56?,57-,63+,65-,66-,67?,68?/m0/s1. The van der Waals surface area contributed by atoms with Gasteiger partial charge < -0.3 is 32.2 Å². The molecule has 0 spiro atoms. The molecule has 4 aromatic rings. The van der Waals surface area contributed by atoms with Crippen molar-refractivity contribution in [2.45, 2.75) is 220 Å². The molecule has 460 valence electrons. The average molecular weight is 1190 g/mol. The van der Waals surface area contributed by atoms with Crippen molar-refractivity contribution in [3.8, 4) is 5.75 Å². The molecule has 0 N–H and O–H groups in total. The molecular weight excluding hydrogens is 1080 g/mol. The van der Waals surface area contributed by atoms with Gasteiger partial charge in [0.1, 0.15) is 17.1 Å². The first-order valence-electron chi connectivity index (χ1n) is 31.3. The SMILES string of the molecule is COc1ccc(C2OCC(C)C([C@@H](C)C(=O)CC[C@H](C)C[C@@H](C)[C@@H](O[Si](C)(C)C(C)(C)C)[C@@H](C)/C=C\[C@H](C[C@H](O[Si](C)(C)C(C)(C)C)[C@@H](C)/C=C/COC(c3ccccc3)(c3ccccc3)c3ccccc3)O[Si](C)(C)C(C)(C)C)O2)cc1. The summed E-state index contributed by atoms with van der Waals surface area (Å²) in [6.07, 6.45) is 11.2. The van der Waals surface area contributed by atoms with Gasteiger partial charge in [0, 0.05) is 30.2 Å². The number of carbonyl (C=O) groups excluding carboxylic acids is 1. The van der Waals surface area contributed by atoms with Crippen LogP contribution in [0.25, 0.3) is 0 Å². The van der Waals surface area contributed by atoms with Gasteiger partial charge in [-0.3, -0.25) is 4.79 Å². The Kier molecular flexibility index (Phi) is 25.1. The highest BCUT2D eigenvalue weighted by atomic mass is 28.4. The van der Waals surface area contributed by atoms with E-state index in [2.05, 4.69) is 252 Å². The summed E-state index contributed by atoms with van der Waals surface area (Å²) in [4.78, 5) is 14.1. The van der Waals surface area contributed by atoms with Gasteiger partial charge in [-0.05, 0) is 120 Å². The molecule has 5 rings (SSSR count). The van der Waals surface area contributed by atoms with Crippen molar-refractivity contribution in [3.63, 3.8) is 0 Å². The molecule has 11 heteroatoms. The van der Waals surface area contributed by atoms with Crippen molar-refractivity contribution >= 4 is 30.7 Å². The fraction of sp³-hybridized carbons (Fsp3) is 0.597. The summed E-state index contributed by atoms with van der Waals surface area (Å²) in [6.45, 7) is 49.6. The van der Waals surface area contributed by atoms with Crippen LogP contribution in [0.1, 0.15) is 158 Å². The zero-order valence-electron chi connectivity index (χ0n) is 55.6. The maximum Gasteiger partial charge on any atom is 0.192 e. The summed E-state index contributed by atoms with van der Waals surface area (Å²) < 4.78 is 47.9. The second kappa shape index (κ2) is 29.8. The number of Topliss-reactive ketones (excluding diaryl/α,β-unsaturated/α-hetero) is 1. The van der Waals surface area contributed by atoms with Crippen LogP contribution < -0.4 is 4.74 Å². The molecule has 1 aliphatic rings. The molecule has 1 saturated heterocycles. The number of hydrogen-bond donors (Lipinski definition) is 0. The predicted molar refractivity (Wildman–Crippen MR) is 355 cm³/mol. The largest absolute Gasteiger partial charge is 0.497 e. The Morgan fingerprint density at radius 3 is 1.58 bits per heavy atom. The first-order chi connectivity index (χ1) is 38.6. The van der Waals surface area contributed by atoms with Crippen molar-refractivity contribution in [3.05, 3.63) is 162 Å². The van der Waals surface area contributed by atoms with Crippen LogP contribution in [-0.4, -0.2) is 75.5 Å². The molecule has 1 aliphatic heterocycles. The summed E-state index contributed by atoms with van der Waals surface area (Å²) in [5.41, 5.74) is 3.36. The summed E-state index contributed by atoms with van der Waals surface area (Å²) in [5, 5.41) is 0.0344. The summed E-state index contributed by atoms with van der Waals surface area (Å²) in [6, 6.07) is 39.6. The van der Waals surface area contributed by atoms with E-state index in [1.165, 1.54) is 0 Å². The van der Waals surface area contributed by atoms with Gasteiger partial charge in [-0.25, -0.2) is 0 Å². The van der Waals surface area contributed by atoms with Crippen molar-refractivity contribution in [2.24, 2.45) is 35.5 Å². The highest BCUT2D eigenvalue weighted by Crippen LogP contribution is 2.45. The minimum absolute atomic E-state index is 0.000313. The summed E-state index contributed by atoms with van der Waals surface area (Å²) in [5.74, 6) is 1.59. The number of methoxy groups -OCH3 is 1. The van der Waals surface area contributed by atoms with Crippen molar-refractivity contribution in [1.29, 1.82) is 0 Å². The van der Waals surface area contributed by atoms with E-state index >= 15 is 0 Å². The van der Waals surface area contributed by atoms with Gasteiger partial charge in [-0.2, -0.15) is 0 Å². The van der Waals surface area contributed by atoms with Crippen LogP contribution in [0, 0.1) is 35.5 Å². The average Bonchev–Trinajstić information content (AvgIpc) is 3.48. The molecule has 3 unspecified atom stereocenters. The lowest BCUT2D eigenvalue weighted by atomic mass is 9.80. The number of ether oxygens (including phenoxy) is 4. The Bertz CT molecular complexity index is 2520. The van der Waals surface area contributed by atoms with E-state index in [0.29, 0.717) is 32.0 Å². The van der Waals surface area contributed by atoms with Gasteiger partial charge in [0.25, 0.3) is 0 Å². The van der Waals surface area contributed by atoms with Crippen LogP contribution in [0.5, 0.6) is 5.75 Å². The quantitative estimate of drug-likeness (QED) is 0.0302. The van der Waals surface area contributed by atoms with Crippen molar-refractivity contribution < 1.29 is 37.0 Å². The fourth-order valence-corrected chi connectivity index (χ4v) is 14.9. The molecule has 1 heterocycles. The zero-order chi connectivity index (χ0) is 61.8. The zero-order valence-corrected chi connectivity index (χ0v) is 58.6. The molecule has 0 saturated carbocycles. The Balaban J connectivity index is 1.41. The van der Waals surface area contributed by atoms with Crippen LogP contribution >= 0.6 is 0 Å². The third-order valence-electron chi connectivity index (χ3n) is 19.3. The molecule has 4 aromatic carbocycles. The number of benzene rings is 4. The lowest BCUT2D eigenvalue weighted by molar-refractivity contribution is -0.247. The number of hydrogen-bond acceptors (Lipinski definition) is 8. The molecule has 0 bridgehead atoms. The second-order valence-corrected chi connectivity index (χ2v) is 43.4. The molecular formula is C72H112O8Si3. The molecule has 0 aromatic heterocycles. The number of rotatable bonds is 29. The Hall–Kier alpha value is -3.76. The van der Waals surface area contributed by atoms with E-state index in [0.717, 1.165) is 40.8 Å². The smallest absolute Gasteiger partial charge is 0.192 e. The first kappa shape index (κ1) is 70.0. The molecule has 11 atom stereocenters. The molecule has 8 nitrogen and oxygen atoms in total. The van der Waals surface area contributed by atoms with E-state index < -0.39 is 36.8 Å². The Morgan fingerprint density at radius 1 is 0.614 bits per heavy atom. The van der Waals surface area contributed by atoms with Gasteiger partial charge in [0.05, 0.1) is 44.7 Å². The lowest BCUT2D eigenvalue weighted by Crippen LogP contribution is -2.48. The maximum atomic E-state index is 14.1. The highest BCUT2D eigenvalue weighted by molar-refractivity contribution is 6.75. The van der Waals surface area contributed by atoms with Gasteiger partial charge >= 0.3 is 0 Å². The van der Waals surface area contributed by atoms with Crippen LogP contribution in [-0.2, 0) is 37.9 Å². The second-order valence-electron chi connectivity index (χ2n) is 29.2. The number of carbonyl (C=O) groups is 1. The van der Waals surface area contributed by atoms with Crippen molar-refractivity contribution in [1.82, 2.24) is 0 Å². The van der Waals surface area contributed by atoms with Gasteiger partial charge in [-0.1, -0.05) is 231 Å². The fourth-order valence-electron chi connectivity index (χ4n) is 10.8. The minimum Gasteiger partial charge on any atom is -0.497 e. The highest BCUT2D eigenvalue weighted by Gasteiger charge is 2.45. The molecule has 83 heavy (non-hydrogen) atoms. The van der Waals surface area contributed by atoms with Gasteiger partial charge in [0.15, 0.2) is 31.2 Å². The Morgan fingerprint density at radius 2 is 1.10 bits per heavy atom. The monoisotopic (exact) mass is 1190 g/mol.